The first kappa shape index (κ1) is 8.24. The summed E-state index contributed by atoms with van der Waals surface area (Å²) in [5.74, 6) is 0. The molecule has 1 atom stereocenters. The number of rotatable bonds is 1. The number of hydrogen-bond acceptors (Lipinski definition) is 2. The van der Waals surface area contributed by atoms with Crippen LogP contribution in [-0.4, -0.2) is 0 Å². The molecule has 1 nitrogen and oxygen atoms in total. The molecule has 1 aromatic heterocycles. The van der Waals surface area contributed by atoms with E-state index in [1.165, 1.54) is 14.2 Å². The largest absolute Gasteiger partial charge is 0.324 e. The Hall–Kier alpha value is 0.140. The van der Waals surface area contributed by atoms with Gasteiger partial charge in [-0.3, -0.25) is 0 Å². The molecule has 0 bridgehead atoms. The predicted octanol–water partition coefficient (Wildman–Crippen LogP) is 2.84. The number of nitrogens with two attached hydrogens (primary N) is 1. The molecule has 1 aromatic rings. The van der Waals surface area contributed by atoms with E-state index in [4.69, 9.17) is 5.73 Å². The molecule has 0 spiro atoms. The molecule has 56 valence electrons. The highest BCUT2D eigenvalue weighted by atomic mass is 79.9. The van der Waals surface area contributed by atoms with Crippen molar-refractivity contribution in [3.05, 3.63) is 20.3 Å². The third-order valence-electron chi connectivity index (χ3n) is 1.33. The van der Waals surface area contributed by atoms with Crippen LogP contribution in [-0.2, 0) is 0 Å². The van der Waals surface area contributed by atoms with E-state index in [0.717, 1.165) is 0 Å². The van der Waals surface area contributed by atoms with Crippen LogP contribution in [0.3, 0.4) is 0 Å². The maximum Gasteiger partial charge on any atom is 0.0361 e. The number of halogens is 1. The lowest BCUT2D eigenvalue weighted by Gasteiger charge is -1.96. The average molecular weight is 220 g/mol. The highest BCUT2D eigenvalue weighted by Gasteiger charge is 2.05. The second kappa shape index (κ2) is 3.03. The molecule has 10 heavy (non-hydrogen) atoms. The van der Waals surface area contributed by atoms with Crippen molar-refractivity contribution in [2.24, 2.45) is 5.73 Å². The topological polar surface area (TPSA) is 26.0 Å². The van der Waals surface area contributed by atoms with Crippen molar-refractivity contribution in [1.29, 1.82) is 0 Å². The second-order valence-electron chi connectivity index (χ2n) is 2.34. The van der Waals surface area contributed by atoms with Crippen LogP contribution in [0.4, 0.5) is 0 Å². The quantitative estimate of drug-likeness (QED) is 0.773. The average Bonchev–Trinajstić information content (AvgIpc) is 2.13. The standard InChI is InChI=1S/C7H10BrNS/c1-4(9)7-3-6(8)5(2)10-7/h3-4H,9H2,1-2H3. The van der Waals surface area contributed by atoms with Gasteiger partial charge < -0.3 is 5.73 Å². The van der Waals surface area contributed by atoms with Gasteiger partial charge in [0.1, 0.15) is 0 Å². The summed E-state index contributed by atoms with van der Waals surface area (Å²) in [6, 6.07) is 2.25. The first-order valence-electron chi connectivity index (χ1n) is 3.12. The lowest BCUT2D eigenvalue weighted by molar-refractivity contribution is 0.838. The van der Waals surface area contributed by atoms with Gasteiger partial charge in [-0.15, -0.1) is 11.3 Å². The zero-order chi connectivity index (χ0) is 7.72. The highest BCUT2D eigenvalue weighted by molar-refractivity contribution is 9.10. The van der Waals surface area contributed by atoms with Crippen molar-refractivity contribution in [1.82, 2.24) is 0 Å². The minimum Gasteiger partial charge on any atom is -0.324 e. The first-order valence-corrected chi connectivity index (χ1v) is 4.73. The Morgan fingerprint density at radius 2 is 2.30 bits per heavy atom. The van der Waals surface area contributed by atoms with Crippen LogP contribution >= 0.6 is 27.3 Å². The fourth-order valence-corrected chi connectivity index (χ4v) is 2.22. The van der Waals surface area contributed by atoms with Crippen molar-refractivity contribution < 1.29 is 0 Å². The van der Waals surface area contributed by atoms with Gasteiger partial charge in [0.25, 0.3) is 0 Å². The molecule has 0 radical (unpaired) electrons. The van der Waals surface area contributed by atoms with E-state index < -0.39 is 0 Å². The van der Waals surface area contributed by atoms with Gasteiger partial charge in [0.2, 0.25) is 0 Å². The summed E-state index contributed by atoms with van der Waals surface area (Å²) in [6.07, 6.45) is 0. The molecule has 0 aliphatic carbocycles. The minimum absolute atomic E-state index is 0.162. The van der Waals surface area contributed by atoms with Crippen molar-refractivity contribution in [2.75, 3.05) is 0 Å². The smallest absolute Gasteiger partial charge is 0.0361 e. The molecule has 0 saturated carbocycles. The Kier molecular flexibility index (Phi) is 2.50. The van der Waals surface area contributed by atoms with E-state index >= 15 is 0 Å². The predicted molar refractivity (Wildman–Crippen MR) is 49.4 cm³/mol. The van der Waals surface area contributed by atoms with Crippen molar-refractivity contribution >= 4 is 27.3 Å². The SMILES string of the molecule is Cc1sc(C(C)N)cc1Br. The van der Waals surface area contributed by atoms with Gasteiger partial charge in [-0.25, -0.2) is 0 Å². The molecule has 0 amide bonds. The molecular formula is C7H10BrNS. The molecule has 0 aromatic carbocycles. The molecule has 0 saturated heterocycles. The maximum atomic E-state index is 5.69. The molecule has 1 unspecified atom stereocenters. The molecule has 0 aliphatic rings. The van der Waals surface area contributed by atoms with Crippen molar-refractivity contribution in [3.63, 3.8) is 0 Å². The molecule has 0 aliphatic heterocycles. The third kappa shape index (κ3) is 1.59. The minimum atomic E-state index is 0.162. The Bertz CT molecular complexity index is 210. The molecule has 1 heterocycles. The monoisotopic (exact) mass is 219 g/mol. The Morgan fingerprint density at radius 3 is 2.50 bits per heavy atom. The normalized spacial score (nSPS) is 13.6. The maximum absolute atomic E-state index is 5.69. The lowest BCUT2D eigenvalue weighted by Crippen LogP contribution is -2.01. The van der Waals surface area contributed by atoms with Gasteiger partial charge in [0.15, 0.2) is 0 Å². The summed E-state index contributed by atoms with van der Waals surface area (Å²) in [5, 5.41) is 0. The van der Waals surface area contributed by atoms with Gasteiger partial charge in [0, 0.05) is 20.3 Å². The fourth-order valence-electron chi connectivity index (χ4n) is 0.706. The van der Waals surface area contributed by atoms with Crippen LogP contribution in [0.1, 0.15) is 22.7 Å². The Balaban J connectivity index is 2.98. The molecule has 2 N–H and O–H groups in total. The van der Waals surface area contributed by atoms with Gasteiger partial charge in [-0.2, -0.15) is 0 Å². The van der Waals surface area contributed by atoms with Gasteiger partial charge in [-0.05, 0) is 35.8 Å². The van der Waals surface area contributed by atoms with Crippen LogP contribution in [0.25, 0.3) is 0 Å². The summed E-state index contributed by atoms with van der Waals surface area (Å²) in [5.41, 5.74) is 5.69. The zero-order valence-corrected chi connectivity index (χ0v) is 8.42. The molecular weight excluding hydrogens is 210 g/mol. The number of thiophene rings is 1. The summed E-state index contributed by atoms with van der Waals surface area (Å²) < 4.78 is 1.17. The third-order valence-corrected chi connectivity index (χ3v) is 3.66. The Labute approximate surface area is 73.4 Å². The summed E-state index contributed by atoms with van der Waals surface area (Å²) in [6.45, 7) is 4.08. The molecule has 0 fully saturated rings. The van der Waals surface area contributed by atoms with Crippen LogP contribution < -0.4 is 5.73 Å². The second-order valence-corrected chi connectivity index (χ2v) is 4.48. The number of aryl methyl sites for hydroxylation is 1. The van der Waals surface area contributed by atoms with Gasteiger partial charge in [-0.1, -0.05) is 0 Å². The lowest BCUT2D eigenvalue weighted by atomic mass is 10.3. The van der Waals surface area contributed by atoms with Crippen LogP contribution in [0.2, 0.25) is 0 Å². The van der Waals surface area contributed by atoms with Crippen LogP contribution in [0, 0.1) is 6.92 Å². The van der Waals surface area contributed by atoms with E-state index in [1.54, 1.807) is 11.3 Å². The van der Waals surface area contributed by atoms with E-state index in [1.807, 2.05) is 6.92 Å². The number of hydrogen-bond donors (Lipinski definition) is 1. The van der Waals surface area contributed by atoms with E-state index in [2.05, 4.69) is 28.9 Å². The van der Waals surface area contributed by atoms with E-state index in [-0.39, 0.29) is 6.04 Å². The summed E-state index contributed by atoms with van der Waals surface area (Å²) >= 11 is 5.19. The highest BCUT2D eigenvalue weighted by Crippen LogP contribution is 2.29. The van der Waals surface area contributed by atoms with E-state index in [0.29, 0.717) is 0 Å². The van der Waals surface area contributed by atoms with Gasteiger partial charge >= 0.3 is 0 Å². The zero-order valence-electron chi connectivity index (χ0n) is 6.02. The first-order chi connectivity index (χ1) is 4.61. The molecule has 3 heteroatoms. The van der Waals surface area contributed by atoms with Crippen LogP contribution in [0.5, 0.6) is 0 Å². The van der Waals surface area contributed by atoms with Crippen molar-refractivity contribution in [3.8, 4) is 0 Å². The molecule has 1 rings (SSSR count). The fraction of sp³-hybridized carbons (Fsp3) is 0.429. The summed E-state index contributed by atoms with van der Waals surface area (Å²) in [4.78, 5) is 2.54. The van der Waals surface area contributed by atoms with Crippen molar-refractivity contribution in [2.45, 2.75) is 19.9 Å². The van der Waals surface area contributed by atoms with E-state index in [9.17, 15) is 0 Å². The van der Waals surface area contributed by atoms with Crippen LogP contribution in [0.15, 0.2) is 10.5 Å². The van der Waals surface area contributed by atoms with Gasteiger partial charge in [0.05, 0.1) is 0 Å². The Morgan fingerprint density at radius 1 is 1.70 bits per heavy atom. The summed E-state index contributed by atoms with van der Waals surface area (Å²) in [7, 11) is 0.